The Labute approximate surface area is 96.5 Å². The maximum atomic E-state index is 11.9. The van der Waals surface area contributed by atoms with Gasteiger partial charge in [0.25, 0.3) is 0 Å². The van der Waals surface area contributed by atoms with E-state index in [1.807, 2.05) is 0 Å². The van der Waals surface area contributed by atoms with Gasteiger partial charge in [-0.1, -0.05) is 0 Å². The minimum Gasteiger partial charge on any atom is -0.492 e. The van der Waals surface area contributed by atoms with Gasteiger partial charge in [0, 0.05) is 12.1 Å². The van der Waals surface area contributed by atoms with Gasteiger partial charge in [-0.15, -0.1) is 0 Å². The van der Waals surface area contributed by atoms with E-state index >= 15 is 0 Å². The van der Waals surface area contributed by atoms with Gasteiger partial charge in [-0.2, -0.15) is 0 Å². The molecular weight excluding hydrogens is 224 g/mol. The lowest BCUT2D eigenvalue weighted by Gasteiger charge is -2.07. The fourth-order valence-corrected chi connectivity index (χ4v) is 1.96. The summed E-state index contributed by atoms with van der Waals surface area (Å²) in [7, 11) is 1.48. The second-order valence-corrected chi connectivity index (χ2v) is 3.74. The van der Waals surface area contributed by atoms with Crippen LogP contribution in [-0.4, -0.2) is 13.9 Å². The lowest BCUT2D eigenvalue weighted by atomic mass is 10.1. The van der Waals surface area contributed by atoms with Gasteiger partial charge in [0.2, 0.25) is 12.5 Å². The Hall–Kier alpha value is -2.17. The first-order valence-corrected chi connectivity index (χ1v) is 5.12. The van der Waals surface area contributed by atoms with E-state index in [4.69, 9.17) is 18.6 Å². The van der Waals surface area contributed by atoms with Crippen LogP contribution in [0.15, 0.2) is 21.3 Å². The topological polar surface area (TPSA) is 57.9 Å². The second-order valence-electron chi connectivity index (χ2n) is 3.74. The summed E-state index contributed by atoms with van der Waals surface area (Å²) in [4.78, 5) is 11.9. The minimum absolute atomic E-state index is 0.120. The molecule has 0 aliphatic carbocycles. The largest absolute Gasteiger partial charge is 0.492 e. The normalized spacial score (nSPS) is 13.1. The maximum Gasteiger partial charge on any atom is 0.231 e. The van der Waals surface area contributed by atoms with Gasteiger partial charge >= 0.3 is 0 Å². The molecular formula is C12H10O5. The third-order valence-corrected chi connectivity index (χ3v) is 2.64. The Bertz CT molecular complexity index is 656. The van der Waals surface area contributed by atoms with Gasteiger partial charge in [-0.25, -0.2) is 0 Å². The van der Waals surface area contributed by atoms with Gasteiger partial charge in [-0.05, 0) is 6.92 Å². The Balaban J connectivity index is 2.49. The molecule has 0 N–H and O–H groups in total. The lowest BCUT2D eigenvalue weighted by molar-refractivity contribution is 0.171. The average Bonchev–Trinajstić information content (AvgIpc) is 2.73. The molecule has 0 amide bonds. The molecule has 5 nitrogen and oxygen atoms in total. The van der Waals surface area contributed by atoms with Crippen LogP contribution in [0.3, 0.4) is 0 Å². The Morgan fingerprint density at radius 1 is 1.29 bits per heavy atom. The highest BCUT2D eigenvalue weighted by Gasteiger charge is 2.24. The minimum atomic E-state index is -0.154. The van der Waals surface area contributed by atoms with Crippen molar-refractivity contribution in [3.63, 3.8) is 0 Å². The van der Waals surface area contributed by atoms with Crippen LogP contribution in [-0.2, 0) is 0 Å². The first-order chi connectivity index (χ1) is 8.20. The zero-order chi connectivity index (χ0) is 12.0. The molecule has 0 bridgehead atoms. The van der Waals surface area contributed by atoms with E-state index in [9.17, 15) is 4.79 Å². The van der Waals surface area contributed by atoms with Crippen LogP contribution in [0, 0.1) is 6.92 Å². The average molecular weight is 234 g/mol. The number of hydrogen-bond acceptors (Lipinski definition) is 5. The molecule has 0 radical (unpaired) electrons. The number of ether oxygens (including phenoxy) is 3. The quantitative estimate of drug-likeness (QED) is 0.753. The number of fused-ring (bicyclic) bond motifs is 2. The first kappa shape index (κ1) is 10.0. The fourth-order valence-electron chi connectivity index (χ4n) is 1.96. The SMILES string of the molecule is COc1c2c(cc3oc(C)cc(=O)c13)OCO2. The van der Waals surface area contributed by atoms with E-state index in [-0.39, 0.29) is 12.2 Å². The lowest BCUT2D eigenvalue weighted by Crippen LogP contribution is -2.03. The summed E-state index contributed by atoms with van der Waals surface area (Å²) in [5.41, 5.74) is 0.287. The molecule has 2 aromatic rings. The Kier molecular flexibility index (Phi) is 2.01. The fraction of sp³-hybridized carbons (Fsp3) is 0.250. The molecule has 0 fully saturated rings. The summed E-state index contributed by atoms with van der Waals surface area (Å²) in [6, 6.07) is 3.07. The predicted octanol–water partition coefficient (Wildman–Crippen LogP) is 1.84. The van der Waals surface area contributed by atoms with E-state index < -0.39 is 0 Å². The van der Waals surface area contributed by atoms with Crippen molar-refractivity contribution in [3.05, 3.63) is 28.1 Å². The number of hydrogen-bond donors (Lipinski definition) is 0. The third kappa shape index (κ3) is 1.35. The molecule has 0 saturated heterocycles. The van der Waals surface area contributed by atoms with E-state index in [0.717, 1.165) is 0 Å². The highest BCUT2D eigenvalue weighted by Crippen LogP contribution is 2.45. The van der Waals surface area contributed by atoms with E-state index in [1.165, 1.54) is 13.2 Å². The van der Waals surface area contributed by atoms with Crippen molar-refractivity contribution in [1.82, 2.24) is 0 Å². The molecule has 1 aliphatic heterocycles. The van der Waals surface area contributed by atoms with E-state index in [1.54, 1.807) is 13.0 Å². The number of aryl methyl sites for hydroxylation is 1. The molecule has 0 spiro atoms. The molecule has 17 heavy (non-hydrogen) atoms. The van der Waals surface area contributed by atoms with Crippen LogP contribution in [0.4, 0.5) is 0 Å². The zero-order valence-electron chi connectivity index (χ0n) is 9.40. The molecule has 1 aliphatic rings. The highest BCUT2D eigenvalue weighted by atomic mass is 16.7. The van der Waals surface area contributed by atoms with Crippen LogP contribution < -0.4 is 19.6 Å². The van der Waals surface area contributed by atoms with Gasteiger partial charge in [-0.3, -0.25) is 4.79 Å². The van der Waals surface area contributed by atoms with Crippen LogP contribution in [0.2, 0.25) is 0 Å². The van der Waals surface area contributed by atoms with Gasteiger partial charge in [0.15, 0.2) is 16.9 Å². The summed E-state index contributed by atoms with van der Waals surface area (Å²) >= 11 is 0. The summed E-state index contributed by atoms with van der Waals surface area (Å²) in [6.45, 7) is 1.84. The maximum absolute atomic E-state index is 11.9. The number of rotatable bonds is 1. The molecule has 1 aromatic heterocycles. The zero-order valence-corrected chi connectivity index (χ0v) is 9.40. The summed E-state index contributed by atoms with van der Waals surface area (Å²) in [5.74, 6) is 1.89. The molecule has 2 heterocycles. The molecule has 5 heteroatoms. The van der Waals surface area contributed by atoms with Gasteiger partial charge in [0.05, 0.1) is 7.11 Å². The Morgan fingerprint density at radius 2 is 2.12 bits per heavy atom. The predicted molar refractivity (Wildman–Crippen MR) is 59.9 cm³/mol. The second kappa shape index (κ2) is 3.41. The standard InChI is InChI=1S/C12H10O5/c1-6-3-7(13)10-8(17-6)4-9-11(12(10)14-2)16-5-15-9/h3-4H,5H2,1-2H3. The van der Waals surface area contributed by atoms with E-state index in [0.29, 0.717) is 34.0 Å². The van der Waals surface area contributed by atoms with Crippen LogP contribution >= 0.6 is 0 Å². The smallest absolute Gasteiger partial charge is 0.231 e. The number of methoxy groups -OCH3 is 1. The van der Waals surface area contributed by atoms with Crippen LogP contribution in [0.25, 0.3) is 11.0 Å². The summed E-state index contributed by atoms with van der Waals surface area (Å²) in [5, 5.41) is 0.377. The monoisotopic (exact) mass is 234 g/mol. The van der Waals surface area contributed by atoms with Crippen LogP contribution in [0.5, 0.6) is 17.2 Å². The summed E-state index contributed by atoms with van der Waals surface area (Å²) in [6.07, 6.45) is 0. The molecule has 0 unspecified atom stereocenters. The van der Waals surface area contributed by atoms with Crippen molar-refractivity contribution in [1.29, 1.82) is 0 Å². The van der Waals surface area contributed by atoms with Crippen molar-refractivity contribution < 1.29 is 18.6 Å². The van der Waals surface area contributed by atoms with Crippen molar-refractivity contribution in [2.75, 3.05) is 13.9 Å². The molecule has 0 atom stereocenters. The molecule has 88 valence electrons. The first-order valence-electron chi connectivity index (χ1n) is 5.12. The van der Waals surface area contributed by atoms with Crippen molar-refractivity contribution in [2.45, 2.75) is 6.92 Å². The van der Waals surface area contributed by atoms with Crippen molar-refractivity contribution >= 4 is 11.0 Å². The Morgan fingerprint density at radius 3 is 2.88 bits per heavy atom. The van der Waals surface area contributed by atoms with Crippen molar-refractivity contribution in [3.8, 4) is 17.2 Å². The van der Waals surface area contributed by atoms with Crippen LogP contribution in [0.1, 0.15) is 5.76 Å². The molecule has 1 aromatic carbocycles. The van der Waals surface area contributed by atoms with Gasteiger partial charge in [0.1, 0.15) is 16.7 Å². The van der Waals surface area contributed by atoms with E-state index in [2.05, 4.69) is 0 Å². The third-order valence-electron chi connectivity index (χ3n) is 2.64. The van der Waals surface area contributed by atoms with Crippen molar-refractivity contribution in [2.24, 2.45) is 0 Å². The number of benzene rings is 1. The van der Waals surface area contributed by atoms with Gasteiger partial charge < -0.3 is 18.6 Å². The summed E-state index contributed by atoms with van der Waals surface area (Å²) < 4.78 is 21.3. The highest BCUT2D eigenvalue weighted by molar-refractivity contribution is 5.89. The molecule has 3 rings (SSSR count). The molecule has 0 saturated carbocycles.